The Morgan fingerprint density at radius 2 is 1.89 bits per heavy atom. The van der Waals surface area contributed by atoms with E-state index < -0.39 is 6.10 Å². The number of aliphatic hydroxyl groups excluding tert-OH is 1. The summed E-state index contributed by atoms with van der Waals surface area (Å²) in [6, 6.07) is 6.62. The number of nitrogens with one attached hydrogen (secondary N) is 1. The Morgan fingerprint density at radius 3 is 2.47 bits per heavy atom. The third-order valence-corrected chi connectivity index (χ3v) is 3.64. The first kappa shape index (κ1) is 14.4. The first-order valence-corrected chi connectivity index (χ1v) is 7.17. The predicted molar refractivity (Wildman–Crippen MR) is 77.6 cm³/mol. The van der Waals surface area contributed by atoms with Crippen LogP contribution >= 0.6 is 0 Å². The number of hydrogen-bond acceptors (Lipinski definition) is 3. The topological polar surface area (TPSA) is 41.5 Å². The van der Waals surface area contributed by atoms with Gasteiger partial charge in [0.05, 0.1) is 0 Å². The van der Waals surface area contributed by atoms with Crippen molar-refractivity contribution in [3.63, 3.8) is 0 Å². The number of benzene rings is 1. The molecular formula is C16H25NO2. The van der Waals surface area contributed by atoms with E-state index in [-0.39, 0.29) is 0 Å². The van der Waals surface area contributed by atoms with Crippen molar-refractivity contribution in [2.75, 3.05) is 13.2 Å². The van der Waals surface area contributed by atoms with Gasteiger partial charge in [-0.05, 0) is 62.8 Å². The molecule has 1 aliphatic rings. The van der Waals surface area contributed by atoms with Gasteiger partial charge in [-0.1, -0.05) is 6.07 Å². The molecule has 19 heavy (non-hydrogen) atoms. The minimum atomic E-state index is -0.456. The fourth-order valence-corrected chi connectivity index (χ4v) is 2.35. The minimum Gasteiger partial charge on any atom is -0.491 e. The number of ether oxygens (including phenoxy) is 1. The molecule has 3 heteroatoms. The lowest BCUT2D eigenvalue weighted by Gasteiger charge is -2.17. The van der Waals surface area contributed by atoms with Gasteiger partial charge in [-0.15, -0.1) is 0 Å². The molecule has 0 saturated heterocycles. The van der Waals surface area contributed by atoms with Gasteiger partial charge in [-0.2, -0.15) is 0 Å². The van der Waals surface area contributed by atoms with E-state index in [1.165, 1.54) is 24.0 Å². The molecule has 2 unspecified atom stereocenters. The Balaban J connectivity index is 1.71. The molecule has 0 radical (unpaired) electrons. The second kappa shape index (κ2) is 6.40. The molecular weight excluding hydrogens is 238 g/mol. The Morgan fingerprint density at radius 1 is 1.26 bits per heavy atom. The van der Waals surface area contributed by atoms with Crippen LogP contribution in [0.15, 0.2) is 18.2 Å². The minimum absolute atomic E-state index is 0.341. The quantitative estimate of drug-likeness (QED) is 0.794. The van der Waals surface area contributed by atoms with E-state index in [0.717, 1.165) is 11.7 Å². The summed E-state index contributed by atoms with van der Waals surface area (Å²) < 4.78 is 5.65. The fraction of sp³-hybridized carbons (Fsp3) is 0.625. The van der Waals surface area contributed by atoms with E-state index in [4.69, 9.17) is 4.74 Å². The maximum atomic E-state index is 9.91. The zero-order chi connectivity index (χ0) is 13.8. The maximum Gasteiger partial charge on any atom is 0.119 e. The highest BCUT2D eigenvalue weighted by Gasteiger charge is 2.27. The molecule has 0 bridgehead atoms. The van der Waals surface area contributed by atoms with Crippen LogP contribution in [-0.2, 0) is 0 Å². The van der Waals surface area contributed by atoms with Crippen molar-refractivity contribution in [1.82, 2.24) is 5.32 Å². The molecule has 0 aromatic heterocycles. The van der Waals surface area contributed by atoms with Crippen molar-refractivity contribution >= 4 is 0 Å². The molecule has 2 atom stereocenters. The van der Waals surface area contributed by atoms with Crippen molar-refractivity contribution in [3.05, 3.63) is 29.3 Å². The second-order valence-electron chi connectivity index (χ2n) is 5.82. The van der Waals surface area contributed by atoms with Crippen LogP contribution in [0, 0.1) is 19.8 Å². The summed E-state index contributed by atoms with van der Waals surface area (Å²) in [7, 11) is 0. The first-order valence-electron chi connectivity index (χ1n) is 7.17. The van der Waals surface area contributed by atoms with Gasteiger partial charge in [0.25, 0.3) is 0 Å². The molecule has 2 rings (SSSR count). The van der Waals surface area contributed by atoms with Crippen LogP contribution in [0.5, 0.6) is 5.75 Å². The summed E-state index contributed by atoms with van der Waals surface area (Å²) in [6.45, 7) is 7.23. The van der Waals surface area contributed by atoms with Gasteiger partial charge in [-0.25, -0.2) is 0 Å². The van der Waals surface area contributed by atoms with Crippen molar-refractivity contribution in [3.8, 4) is 5.75 Å². The molecule has 0 heterocycles. The molecule has 2 N–H and O–H groups in total. The standard InChI is InChI=1S/C16H25NO2/c1-11-6-12(2)8-16(7-11)19-10-15(18)9-17-13(3)14-4-5-14/h6-8,13-15,17-18H,4-5,9-10H2,1-3H3. The van der Waals surface area contributed by atoms with Crippen LogP contribution < -0.4 is 10.1 Å². The molecule has 1 aliphatic carbocycles. The van der Waals surface area contributed by atoms with E-state index in [2.05, 4.69) is 32.2 Å². The molecule has 1 fully saturated rings. The van der Waals surface area contributed by atoms with Gasteiger partial charge in [0.1, 0.15) is 18.5 Å². The lowest BCUT2D eigenvalue weighted by atomic mass is 10.1. The zero-order valence-corrected chi connectivity index (χ0v) is 12.1. The smallest absolute Gasteiger partial charge is 0.119 e. The molecule has 1 aromatic rings. The molecule has 0 aliphatic heterocycles. The number of aliphatic hydroxyl groups is 1. The van der Waals surface area contributed by atoms with Crippen molar-refractivity contribution in [2.24, 2.45) is 5.92 Å². The second-order valence-corrected chi connectivity index (χ2v) is 5.82. The van der Waals surface area contributed by atoms with E-state index in [1.54, 1.807) is 0 Å². The molecule has 1 saturated carbocycles. The summed E-state index contributed by atoms with van der Waals surface area (Å²) in [4.78, 5) is 0. The summed E-state index contributed by atoms with van der Waals surface area (Å²) in [5.74, 6) is 1.65. The predicted octanol–water partition coefficient (Wildman–Crippen LogP) is 2.43. The monoisotopic (exact) mass is 263 g/mol. The number of rotatable bonds is 7. The average Bonchev–Trinajstić information content (AvgIpc) is 3.16. The van der Waals surface area contributed by atoms with Crippen LogP contribution in [0.4, 0.5) is 0 Å². The van der Waals surface area contributed by atoms with Crippen LogP contribution in [-0.4, -0.2) is 30.4 Å². The van der Waals surface area contributed by atoms with Crippen molar-refractivity contribution < 1.29 is 9.84 Å². The van der Waals surface area contributed by atoms with Crippen LogP contribution in [0.2, 0.25) is 0 Å². The molecule has 106 valence electrons. The summed E-state index contributed by atoms with van der Waals surface area (Å²) >= 11 is 0. The Kier molecular flexibility index (Phi) is 4.83. The van der Waals surface area contributed by atoms with E-state index >= 15 is 0 Å². The summed E-state index contributed by atoms with van der Waals surface area (Å²) in [5.41, 5.74) is 2.37. The van der Waals surface area contributed by atoms with Crippen molar-refractivity contribution in [2.45, 2.75) is 45.8 Å². The van der Waals surface area contributed by atoms with E-state index in [9.17, 15) is 5.11 Å². The Hall–Kier alpha value is -1.06. The van der Waals surface area contributed by atoms with Crippen LogP contribution in [0.3, 0.4) is 0 Å². The normalized spacial score (nSPS) is 18.1. The Bertz CT molecular complexity index is 395. The van der Waals surface area contributed by atoms with Crippen LogP contribution in [0.1, 0.15) is 30.9 Å². The zero-order valence-electron chi connectivity index (χ0n) is 12.1. The lowest BCUT2D eigenvalue weighted by molar-refractivity contribution is 0.103. The average molecular weight is 263 g/mol. The SMILES string of the molecule is Cc1cc(C)cc(OCC(O)CNC(C)C2CC2)c1. The summed E-state index contributed by atoms with van der Waals surface area (Å²) in [5, 5.41) is 13.3. The van der Waals surface area contributed by atoms with Gasteiger partial charge >= 0.3 is 0 Å². The van der Waals surface area contributed by atoms with Gasteiger partial charge in [-0.3, -0.25) is 0 Å². The molecule has 1 aromatic carbocycles. The third kappa shape index (κ3) is 4.84. The highest BCUT2D eigenvalue weighted by Crippen LogP contribution is 2.32. The molecule has 0 spiro atoms. The largest absolute Gasteiger partial charge is 0.491 e. The lowest BCUT2D eigenvalue weighted by Crippen LogP contribution is -2.37. The fourth-order valence-electron chi connectivity index (χ4n) is 2.35. The van der Waals surface area contributed by atoms with E-state index in [1.807, 2.05) is 12.1 Å². The first-order chi connectivity index (χ1) is 9.04. The number of hydrogen-bond donors (Lipinski definition) is 2. The van der Waals surface area contributed by atoms with Gasteiger partial charge in [0.15, 0.2) is 0 Å². The van der Waals surface area contributed by atoms with Crippen LogP contribution in [0.25, 0.3) is 0 Å². The van der Waals surface area contributed by atoms with Gasteiger partial charge < -0.3 is 15.2 Å². The molecule has 3 nitrogen and oxygen atoms in total. The molecule has 0 amide bonds. The third-order valence-electron chi connectivity index (χ3n) is 3.64. The van der Waals surface area contributed by atoms with Gasteiger partial charge in [0.2, 0.25) is 0 Å². The highest BCUT2D eigenvalue weighted by molar-refractivity contribution is 5.32. The van der Waals surface area contributed by atoms with Crippen molar-refractivity contribution in [1.29, 1.82) is 0 Å². The van der Waals surface area contributed by atoms with E-state index in [0.29, 0.717) is 19.2 Å². The Labute approximate surface area is 116 Å². The maximum absolute atomic E-state index is 9.91. The highest BCUT2D eigenvalue weighted by atomic mass is 16.5. The van der Waals surface area contributed by atoms with Gasteiger partial charge in [0, 0.05) is 12.6 Å². The summed E-state index contributed by atoms with van der Waals surface area (Å²) in [6.07, 6.45) is 2.19. The number of aryl methyl sites for hydroxylation is 2.